The molecule has 2 fully saturated rings. The van der Waals surface area contributed by atoms with Crippen molar-refractivity contribution < 1.29 is 22.6 Å². The van der Waals surface area contributed by atoms with Gasteiger partial charge >= 0.3 is 6.18 Å². The number of piperidine rings is 1. The average molecular weight is 458 g/mol. The molecule has 9 nitrogen and oxygen atoms in total. The van der Waals surface area contributed by atoms with E-state index in [1.807, 2.05) is 4.68 Å². The highest BCUT2D eigenvalue weighted by molar-refractivity contribution is 5.82. The molecular weight excluding hydrogens is 427 g/mol. The molecule has 4 heterocycles. The first-order valence-corrected chi connectivity index (χ1v) is 10.9. The molecule has 12 heteroatoms. The van der Waals surface area contributed by atoms with E-state index in [1.165, 1.54) is 0 Å². The normalized spacial score (nSPS) is 26.1. The van der Waals surface area contributed by atoms with Crippen molar-refractivity contribution in [3.05, 3.63) is 28.8 Å². The van der Waals surface area contributed by atoms with E-state index < -0.39 is 17.5 Å². The van der Waals surface area contributed by atoms with Crippen LogP contribution in [0.15, 0.2) is 22.6 Å². The fourth-order valence-corrected chi connectivity index (χ4v) is 4.32. The minimum atomic E-state index is -4.54. The van der Waals surface area contributed by atoms with Crippen molar-refractivity contribution >= 4 is 6.21 Å². The molecule has 1 aromatic rings. The molecule has 3 aliphatic rings. The standard InChI is InChI=1S/C20H30F3N7O2/c1-3-25-18-15(19(21,22)23)10-26-20(24,27-18)16-11-30(28-13(16)2)14-4-6-29(7-5-14)12-17-31-8-9-32-17/h10-11,14,17,25,27H,3-9,12,24H2,1-2H3. The van der Waals surface area contributed by atoms with Crippen LogP contribution in [-0.4, -0.2) is 72.8 Å². The molecule has 178 valence electrons. The van der Waals surface area contributed by atoms with Gasteiger partial charge in [0.05, 0.1) is 30.5 Å². The smallest absolute Gasteiger partial charge is 0.372 e. The number of hydrogen-bond donors (Lipinski definition) is 3. The van der Waals surface area contributed by atoms with E-state index in [0.717, 1.165) is 38.7 Å². The van der Waals surface area contributed by atoms with Gasteiger partial charge in [0.15, 0.2) is 6.29 Å². The number of hydrogen-bond acceptors (Lipinski definition) is 8. The van der Waals surface area contributed by atoms with Gasteiger partial charge < -0.3 is 20.1 Å². The monoisotopic (exact) mass is 457 g/mol. The summed E-state index contributed by atoms with van der Waals surface area (Å²) >= 11 is 0. The number of aliphatic imine (C=N–C) groups is 1. The molecule has 2 saturated heterocycles. The molecule has 4 N–H and O–H groups in total. The lowest BCUT2D eigenvalue weighted by atomic mass is 10.0. The largest absolute Gasteiger partial charge is 0.421 e. The van der Waals surface area contributed by atoms with E-state index in [4.69, 9.17) is 15.2 Å². The summed E-state index contributed by atoms with van der Waals surface area (Å²) in [5.41, 5.74) is 6.71. The zero-order chi connectivity index (χ0) is 22.9. The lowest BCUT2D eigenvalue weighted by Crippen LogP contribution is -2.54. The molecular formula is C20H30F3N7O2. The highest BCUT2D eigenvalue weighted by Crippen LogP contribution is 2.33. The highest BCUT2D eigenvalue weighted by atomic mass is 19.4. The highest BCUT2D eigenvalue weighted by Gasteiger charge is 2.42. The number of rotatable bonds is 6. The predicted octanol–water partition coefficient (Wildman–Crippen LogP) is 1.33. The molecule has 1 atom stereocenters. The minimum absolute atomic E-state index is 0.155. The Kier molecular flexibility index (Phi) is 6.48. The van der Waals surface area contributed by atoms with Gasteiger partial charge in [-0.3, -0.25) is 15.3 Å². The molecule has 0 aliphatic carbocycles. The van der Waals surface area contributed by atoms with Gasteiger partial charge in [-0.2, -0.15) is 18.3 Å². The van der Waals surface area contributed by atoms with E-state index >= 15 is 0 Å². The maximum Gasteiger partial charge on any atom is 0.421 e. The number of nitrogens with zero attached hydrogens (tertiary/aromatic N) is 4. The zero-order valence-electron chi connectivity index (χ0n) is 18.3. The summed E-state index contributed by atoms with van der Waals surface area (Å²) in [6.07, 6.45) is -0.331. The molecule has 32 heavy (non-hydrogen) atoms. The Bertz CT molecular complexity index is 871. The van der Waals surface area contributed by atoms with Crippen LogP contribution in [-0.2, 0) is 15.3 Å². The molecule has 3 aliphatic heterocycles. The first-order chi connectivity index (χ1) is 15.2. The van der Waals surface area contributed by atoms with Gasteiger partial charge in [-0.05, 0) is 26.7 Å². The third-order valence-corrected chi connectivity index (χ3v) is 6.00. The Labute approximate surface area is 184 Å². The Hall–Kier alpha value is -2.15. The van der Waals surface area contributed by atoms with E-state index in [9.17, 15) is 13.2 Å². The van der Waals surface area contributed by atoms with E-state index in [1.54, 1.807) is 20.0 Å². The second kappa shape index (κ2) is 9.00. The number of ether oxygens (including phenoxy) is 2. The van der Waals surface area contributed by atoms with Gasteiger partial charge in [-0.25, -0.2) is 4.99 Å². The van der Waals surface area contributed by atoms with Crippen molar-refractivity contribution in [2.45, 2.75) is 51.0 Å². The second-order valence-electron chi connectivity index (χ2n) is 8.28. The van der Waals surface area contributed by atoms with Crippen LogP contribution in [0.1, 0.15) is 37.1 Å². The number of likely N-dealkylation sites (tertiary alicyclic amines) is 1. The van der Waals surface area contributed by atoms with Crippen LogP contribution in [0.2, 0.25) is 0 Å². The number of nitrogens with one attached hydrogen (secondary N) is 2. The average Bonchev–Trinajstić information content (AvgIpc) is 3.38. The van der Waals surface area contributed by atoms with Crippen molar-refractivity contribution in [1.29, 1.82) is 0 Å². The number of halogens is 3. The molecule has 0 spiro atoms. The first-order valence-electron chi connectivity index (χ1n) is 10.9. The SMILES string of the molecule is CCNC1=C(C(F)(F)F)C=NC(N)(c2cn(C3CCN(CC4OCCO4)CC3)nc2C)N1. The summed E-state index contributed by atoms with van der Waals surface area (Å²) in [6, 6.07) is 0.176. The third-order valence-electron chi connectivity index (χ3n) is 6.00. The Morgan fingerprint density at radius 2 is 1.97 bits per heavy atom. The molecule has 1 unspecified atom stereocenters. The zero-order valence-corrected chi connectivity index (χ0v) is 18.3. The molecule has 0 saturated carbocycles. The fourth-order valence-electron chi connectivity index (χ4n) is 4.32. The van der Waals surface area contributed by atoms with Gasteiger partial charge in [0.2, 0.25) is 5.79 Å². The lowest BCUT2D eigenvalue weighted by Gasteiger charge is -2.34. The summed E-state index contributed by atoms with van der Waals surface area (Å²) in [5.74, 6) is -1.72. The number of nitrogens with two attached hydrogens (primary N) is 1. The summed E-state index contributed by atoms with van der Waals surface area (Å²) in [6.45, 7) is 7.61. The van der Waals surface area contributed by atoms with Crippen LogP contribution in [0.25, 0.3) is 0 Å². The summed E-state index contributed by atoms with van der Waals surface area (Å²) in [5, 5.41) is 10.1. The molecule has 0 bridgehead atoms. The Balaban J connectivity index is 1.45. The first kappa shape index (κ1) is 23.0. The predicted molar refractivity (Wildman–Crippen MR) is 112 cm³/mol. The van der Waals surface area contributed by atoms with Gasteiger partial charge in [-0.1, -0.05) is 0 Å². The number of allylic oxidation sites excluding steroid dienone is 1. The van der Waals surface area contributed by atoms with E-state index in [-0.39, 0.29) is 18.2 Å². The minimum Gasteiger partial charge on any atom is -0.372 e. The van der Waals surface area contributed by atoms with Crippen LogP contribution >= 0.6 is 0 Å². The van der Waals surface area contributed by atoms with Crippen LogP contribution in [0.5, 0.6) is 0 Å². The summed E-state index contributed by atoms with van der Waals surface area (Å²) < 4.78 is 53.0. The molecule has 0 amide bonds. The Morgan fingerprint density at radius 3 is 2.59 bits per heavy atom. The van der Waals surface area contributed by atoms with Gasteiger partial charge in [0, 0.05) is 38.6 Å². The van der Waals surface area contributed by atoms with Crippen molar-refractivity contribution in [3.63, 3.8) is 0 Å². The molecule has 1 aromatic heterocycles. The van der Waals surface area contributed by atoms with Gasteiger partial charge in [0.1, 0.15) is 11.4 Å². The summed E-state index contributed by atoms with van der Waals surface area (Å²) in [7, 11) is 0. The van der Waals surface area contributed by atoms with Crippen molar-refractivity contribution in [3.8, 4) is 0 Å². The molecule has 0 radical (unpaired) electrons. The van der Waals surface area contributed by atoms with Crippen LogP contribution in [0, 0.1) is 6.92 Å². The van der Waals surface area contributed by atoms with Gasteiger partial charge in [0.25, 0.3) is 0 Å². The third kappa shape index (κ3) is 4.77. The maximum absolute atomic E-state index is 13.3. The molecule has 4 rings (SSSR count). The molecule has 0 aromatic carbocycles. The maximum atomic E-state index is 13.3. The van der Waals surface area contributed by atoms with Crippen molar-refractivity contribution in [2.75, 3.05) is 39.4 Å². The number of aromatic nitrogens is 2. The topological polar surface area (TPSA) is 102 Å². The number of aryl methyl sites for hydroxylation is 1. The van der Waals surface area contributed by atoms with Crippen molar-refractivity contribution in [1.82, 2.24) is 25.3 Å². The van der Waals surface area contributed by atoms with Crippen LogP contribution in [0.4, 0.5) is 13.2 Å². The van der Waals surface area contributed by atoms with E-state index in [0.29, 0.717) is 31.0 Å². The van der Waals surface area contributed by atoms with E-state index in [2.05, 4.69) is 25.6 Å². The summed E-state index contributed by atoms with van der Waals surface area (Å²) in [4.78, 5) is 6.35. The number of alkyl halides is 3. The Morgan fingerprint density at radius 1 is 1.28 bits per heavy atom. The van der Waals surface area contributed by atoms with Crippen molar-refractivity contribution in [2.24, 2.45) is 10.7 Å². The second-order valence-corrected chi connectivity index (χ2v) is 8.28. The lowest BCUT2D eigenvalue weighted by molar-refractivity contribution is -0.0876. The quantitative estimate of drug-likeness (QED) is 0.592. The van der Waals surface area contributed by atoms with Gasteiger partial charge in [-0.15, -0.1) is 0 Å². The fraction of sp³-hybridized carbons (Fsp3) is 0.700. The van der Waals surface area contributed by atoms with Crippen LogP contribution < -0.4 is 16.4 Å². The van der Waals surface area contributed by atoms with Crippen LogP contribution in [0.3, 0.4) is 0 Å².